The van der Waals surface area contributed by atoms with E-state index in [1.807, 2.05) is 0 Å². The number of rotatable bonds is 6. The van der Waals surface area contributed by atoms with Crippen molar-refractivity contribution in [2.24, 2.45) is 0 Å². The van der Waals surface area contributed by atoms with Crippen molar-refractivity contribution in [1.82, 2.24) is 0 Å². The number of carbonyl (C=O) groups excluding carboxylic acids is 1. The molecule has 0 saturated heterocycles. The van der Waals surface area contributed by atoms with E-state index in [9.17, 15) is 14.0 Å². The molecule has 2 rings (SSSR count). The van der Waals surface area contributed by atoms with Crippen molar-refractivity contribution >= 4 is 45.1 Å². The first-order valence-corrected chi connectivity index (χ1v) is 7.90. The molecule has 1 amide bonds. The maximum absolute atomic E-state index is 13.8. The maximum Gasteiger partial charge on any atom is 0.341 e. The molecule has 0 heterocycles. The van der Waals surface area contributed by atoms with Crippen LogP contribution in [0.3, 0.4) is 0 Å². The van der Waals surface area contributed by atoms with Gasteiger partial charge in [-0.2, -0.15) is 0 Å². The van der Waals surface area contributed by atoms with Crippen molar-refractivity contribution in [1.29, 1.82) is 0 Å². The number of carboxylic acids is 1. The van der Waals surface area contributed by atoms with Gasteiger partial charge in [0.1, 0.15) is 11.6 Å². The minimum absolute atomic E-state index is 0.159. The number of halogens is 3. The summed E-state index contributed by atoms with van der Waals surface area (Å²) < 4.78 is 19.4. The van der Waals surface area contributed by atoms with E-state index in [2.05, 4.69) is 21.2 Å². The number of ether oxygens (including phenoxy) is 1. The lowest BCUT2D eigenvalue weighted by Crippen LogP contribution is -2.17. The predicted molar refractivity (Wildman–Crippen MR) is 91.0 cm³/mol. The number of carbonyl (C=O) groups is 2. The minimum Gasteiger partial charge on any atom is -0.480 e. The van der Waals surface area contributed by atoms with Crippen LogP contribution in [0.15, 0.2) is 40.9 Å². The Bertz CT molecular complexity index is 785. The van der Waals surface area contributed by atoms with Crippen molar-refractivity contribution in [3.8, 4) is 5.75 Å². The molecule has 24 heavy (non-hydrogen) atoms. The molecule has 5 nitrogen and oxygen atoms in total. The Hall–Kier alpha value is -2.12. The number of nitrogens with one attached hydrogen (secondary N) is 1. The van der Waals surface area contributed by atoms with Gasteiger partial charge in [0, 0.05) is 9.50 Å². The highest BCUT2D eigenvalue weighted by Crippen LogP contribution is 2.28. The number of anilines is 1. The molecule has 2 N–H and O–H groups in total. The van der Waals surface area contributed by atoms with Gasteiger partial charge in [-0.25, -0.2) is 9.18 Å². The van der Waals surface area contributed by atoms with E-state index in [0.29, 0.717) is 9.50 Å². The molecule has 0 fully saturated rings. The van der Waals surface area contributed by atoms with Crippen LogP contribution >= 0.6 is 27.5 Å². The van der Waals surface area contributed by atoms with Crippen LogP contribution in [0.1, 0.15) is 5.56 Å². The van der Waals surface area contributed by atoms with Crippen LogP contribution < -0.4 is 10.1 Å². The van der Waals surface area contributed by atoms with Gasteiger partial charge < -0.3 is 15.2 Å². The third kappa shape index (κ3) is 5.21. The van der Waals surface area contributed by atoms with E-state index in [1.54, 1.807) is 6.07 Å². The quantitative estimate of drug-likeness (QED) is 0.749. The van der Waals surface area contributed by atoms with Crippen LogP contribution in [0.2, 0.25) is 5.02 Å². The second-order valence-electron chi connectivity index (χ2n) is 4.78. The summed E-state index contributed by atoms with van der Waals surface area (Å²) in [7, 11) is 0. The van der Waals surface area contributed by atoms with Crippen LogP contribution in [0, 0.1) is 5.82 Å². The SMILES string of the molecule is O=C(O)COc1ccc(Cl)cc1NC(=O)Cc1ccc(Br)cc1F. The lowest BCUT2D eigenvalue weighted by Gasteiger charge is -2.12. The van der Waals surface area contributed by atoms with E-state index in [1.165, 1.54) is 30.3 Å². The zero-order valence-electron chi connectivity index (χ0n) is 12.2. The van der Waals surface area contributed by atoms with Crippen molar-refractivity contribution < 1.29 is 23.8 Å². The summed E-state index contributed by atoms with van der Waals surface area (Å²) in [6, 6.07) is 8.77. The van der Waals surface area contributed by atoms with E-state index < -0.39 is 24.3 Å². The lowest BCUT2D eigenvalue weighted by molar-refractivity contribution is -0.139. The summed E-state index contributed by atoms with van der Waals surface area (Å²) in [5.74, 6) is -1.99. The molecule has 2 aromatic carbocycles. The van der Waals surface area contributed by atoms with Crippen molar-refractivity contribution in [2.45, 2.75) is 6.42 Å². The second-order valence-corrected chi connectivity index (χ2v) is 6.14. The average molecular weight is 417 g/mol. The number of amides is 1. The Morgan fingerprint density at radius 2 is 2.00 bits per heavy atom. The molecule has 0 radical (unpaired) electrons. The van der Waals surface area contributed by atoms with Gasteiger partial charge in [0.15, 0.2) is 6.61 Å². The molecular weight excluding hydrogens is 405 g/mol. The molecule has 126 valence electrons. The molecular formula is C16H12BrClFNO4. The summed E-state index contributed by atoms with van der Waals surface area (Å²) in [4.78, 5) is 22.7. The normalized spacial score (nSPS) is 10.3. The van der Waals surface area contributed by atoms with Crippen LogP contribution in [0.5, 0.6) is 5.75 Å². The Labute approximate surface area is 150 Å². The lowest BCUT2D eigenvalue weighted by atomic mass is 10.1. The highest BCUT2D eigenvalue weighted by Gasteiger charge is 2.13. The molecule has 0 unspecified atom stereocenters. The van der Waals surface area contributed by atoms with Gasteiger partial charge in [-0.05, 0) is 35.9 Å². The fourth-order valence-corrected chi connectivity index (χ4v) is 2.40. The van der Waals surface area contributed by atoms with E-state index >= 15 is 0 Å². The first-order chi connectivity index (χ1) is 11.3. The first kappa shape index (κ1) is 18.2. The zero-order valence-corrected chi connectivity index (χ0v) is 14.5. The van der Waals surface area contributed by atoms with Crippen LogP contribution in [-0.4, -0.2) is 23.6 Å². The first-order valence-electron chi connectivity index (χ1n) is 6.73. The molecule has 2 aromatic rings. The predicted octanol–water partition coefficient (Wildman–Crippen LogP) is 3.89. The fraction of sp³-hybridized carbons (Fsp3) is 0.125. The van der Waals surface area contributed by atoms with Gasteiger partial charge in [0.05, 0.1) is 12.1 Å². The Morgan fingerprint density at radius 3 is 2.67 bits per heavy atom. The van der Waals surface area contributed by atoms with Crippen LogP contribution in [-0.2, 0) is 16.0 Å². The third-order valence-electron chi connectivity index (χ3n) is 2.93. The molecule has 0 aliphatic heterocycles. The second kappa shape index (κ2) is 8.12. The zero-order chi connectivity index (χ0) is 17.7. The summed E-state index contributed by atoms with van der Waals surface area (Å²) in [5, 5.41) is 11.5. The number of aliphatic carboxylic acids is 1. The number of hydrogen-bond donors (Lipinski definition) is 2. The largest absolute Gasteiger partial charge is 0.480 e. The monoisotopic (exact) mass is 415 g/mol. The standard InChI is InChI=1S/C16H12BrClFNO4/c17-10-2-1-9(12(19)6-10)5-15(21)20-13-7-11(18)3-4-14(13)24-8-16(22)23/h1-4,6-7H,5,8H2,(H,20,21)(H,22,23). The van der Waals surface area contributed by atoms with Crippen LogP contribution in [0.25, 0.3) is 0 Å². The van der Waals surface area contributed by atoms with Crippen molar-refractivity contribution in [3.63, 3.8) is 0 Å². The summed E-state index contributed by atoms with van der Waals surface area (Å²) in [5.41, 5.74) is 0.442. The minimum atomic E-state index is -1.15. The topological polar surface area (TPSA) is 75.6 Å². The molecule has 0 aliphatic carbocycles. The van der Waals surface area contributed by atoms with Gasteiger partial charge in [0.25, 0.3) is 0 Å². The van der Waals surface area contributed by atoms with Crippen molar-refractivity contribution in [2.75, 3.05) is 11.9 Å². The molecule has 0 spiro atoms. The highest BCUT2D eigenvalue weighted by atomic mass is 79.9. The Morgan fingerprint density at radius 1 is 1.25 bits per heavy atom. The van der Waals surface area contributed by atoms with Gasteiger partial charge in [0.2, 0.25) is 5.91 Å². The van der Waals surface area contributed by atoms with Crippen molar-refractivity contribution in [3.05, 3.63) is 57.3 Å². The molecule has 0 saturated carbocycles. The number of hydrogen-bond acceptors (Lipinski definition) is 3. The van der Waals surface area contributed by atoms with Gasteiger partial charge in [-0.1, -0.05) is 33.6 Å². The molecule has 0 aromatic heterocycles. The third-order valence-corrected chi connectivity index (χ3v) is 3.66. The van der Waals surface area contributed by atoms with Gasteiger partial charge in [-0.15, -0.1) is 0 Å². The van der Waals surface area contributed by atoms with E-state index in [4.69, 9.17) is 21.4 Å². The van der Waals surface area contributed by atoms with Gasteiger partial charge >= 0.3 is 5.97 Å². The van der Waals surface area contributed by atoms with E-state index in [-0.39, 0.29) is 23.4 Å². The molecule has 0 atom stereocenters. The van der Waals surface area contributed by atoms with Gasteiger partial charge in [-0.3, -0.25) is 4.79 Å². The fourth-order valence-electron chi connectivity index (χ4n) is 1.90. The summed E-state index contributed by atoms with van der Waals surface area (Å²) >= 11 is 9.02. The summed E-state index contributed by atoms with van der Waals surface area (Å²) in [6.07, 6.45) is -0.190. The average Bonchev–Trinajstić information content (AvgIpc) is 2.49. The molecule has 0 aliphatic rings. The molecule has 0 bridgehead atoms. The Kier molecular flexibility index (Phi) is 6.16. The summed E-state index contributed by atoms with van der Waals surface area (Å²) in [6.45, 7) is -0.564. The van der Waals surface area contributed by atoms with E-state index in [0.717, 1.165) is 0 Å². The highest BCUT2D eigenvalue weighted by molar-refractivity contribution is 9.10. The number of benzene rings is 2. The Balaban J connectivity index is 2.12. The van der Waals surface area contributed by atoms with Crippen LogP contribution in [0.4, 0.5) is 10.1 Å². The maximum atomic E-state index is 13.8. The smallest absolute Gasteiger partial charge is 0.341 e. The number of carboxylic acid groups (broad SMARTS) is 1. The molecule has 8 heteroatoms.